The van der Waals surface area contributed by atoms with Crippen LogP contribution >= 0.6 is 0 Å². The van der Waals surface area contributed by atoms with Crippen LogP contribution in [0.25, 0.3) is 0 Å². The second-order valence-corrected chi connectivity index (χ2v) is 7.85. The van der Waals surface area contributed by atoms with E-state index in [1.165, 1.54) is 20.1 Å². The number of hydrogen-bond donors (Lipinski definition) is 1. The number of rotatable bonds is 8. The minimum atomic E-state index is -1.04. The van der Waals surface area contributed by atoms with E-state index in [0.29, 0.717) is 47.7 Å². The normalized spacial score (nSPS) is 13.0. The number of amides is 1. The van der Waals surface area contributed by atoms with Crippen molar-refractivity contribution in [2.45, 2.75) is 33.5 Å². The topological polar surface area (TPSA) is 118 Å². The van der Waals surface area contributed by atoms with E-state index in [1.54, 1.807) is 37.3 Å². The van der Waals surface area contributed by atoms with E-state index < -0.39 is 18.0 Å². The van der Waals surface area contributed by atoms with Gasteiger partial charge < -0.3 is 33.5 Å². The molecule has 0 saturated heterocycles. The van der Waals surface area contributed by atoms with Crippen molar-refractivity contribution in [1.29, 1.82) is 0 Å². The van der Waals surface area contributed by atoms with Crippen LogP contribution in [0, 0.1) is 13.8 Å². The molecule has 0 radical (unpaired) electrons. The molecule has 2 heterocycles. The van der Waals surface area contributed by atoms with Gasteiger partial charge in [0, 0.05) is 11.8 Å². The Morgan fingerprint density at radius 1 is 1.06 bits per heavy atom. The first-order valence-corrected chi connectivity index (χ1v) is 11.0. The lowest BCUT2D eigenvalue weighted by atomic mass is 10.2. The molecule has 1 amide bonds. The van der Waals surface area contributed by atoms with E-state index >= 15 is 0 Å². The Hall–Kier alpha value is -4.21. The third-order valence-corrected chi connectivity index (χ3v) is 5.42. The maximum absolute atomic E-state index is 12.7. The first kappa shape index (κ1) is 23.9. The number of hydrogen-bond acceptors (Lipinski definition) is 9. The second kappa shape index (κ2) is 10.4. The molecule has 35 heavy (non-hydrogen) atoms. The standard InChI is InChI=1S/C25H26N2O8/c1-14-19(15(2)35-27-14)13-33-20-7-5-17(11-22(20)30-4)25(29)34-16(3)24(28)26-18-6-8-21-23(12-18)32-10-9-31-21/h5-8,11-12,16H,9-10,13H2,1-4H3,(H,26,28). The summed E-state index contributed by atoms with van der Waals surface area (Å²) in [6.45, 7) is 6.27. The van der Waals surface area contributed by atoms with Gasteiger partial charge in [0.25, 0.3) is 5.91 Å². The zero-order valence-electron chi connectivity index (χ0n) is 19.9. The van der Waals surface area contributed by atoms with Crippen molar-refractivity contribution in [2.24, 2.45) is 0 Å². The van der Waals surface area contributed by atoms with Crippen molar-refractivity contribution in [1.82, 2.24) is 5.16 Å². The van der Waals surface area contributed by atoms with Crippen molar-refractivity contribution < 1.29 is 37.8 Å². The van der Waals surface area contributed by atoms with Crippen LogP contribution in [0.15, 0.2) is 40.9 Å². The molecule has 3 aromatic rings. The van der Waals surface area contributed by atoms with Crippen molar-refractivity contribution in [3.05, 3.63) is 59.0 Å². The number of methoxy groups -OCH3 is 1. The van der Waals surface area contributed by atoms with Crippen LogP contribution in [0.4, 0.5) is 5.69 Å². The maximum atomic E-state index is 12.7. The number of fused-ring (bicyclic) bond motifs is 1. The molecule has 10 heteroatoms. The fourth-order valence-corrected chi connectivity index (χ4v) is 3.42. The maximum Gasteiger partial charge on any atom is 0.339 e. The van der Waals surface area contributed by atoms with Gasteiger partial charge in [-0.1, -0.05) is 5.16 Å². The van der Waals surface area contributed by atoms with Crippen LogP contribution in [0.2, 0.25) is 0 Å². The van der Waals surface area contributed by atoms with Gasteiger partial charge in [-0.15, -0.1) is 0 Å². The van der Waals surface area contributed by atoms with Crippen LogP contribution < -0.4 is 24.3 Å². The van der Waals surface area contributed by atoms with E-state index in [-0.39, 0.29) is 12.2 Å². The number of benzene rings is 2. The lowest BCUT2D eigenvalue weighted by molar-refractivity contribution is -0.123. The molecule has 2 aromatic carbocycles. The average Bonchev–Trinajstić information content (AvgIpc) is 3.19. The Morgan fingerprint density at radius 2 is 1.83 bits per heavy atom. The van der Waals surface area contributed by atoms with Gasteiger partial charge >= 0.3 is 5.97 Å². The van der Waals surface area contributed by atoms with E-state index in [2.05, 4.69) is 10.5 Å². The molecule has 10 nitrogen and oxygen atoms in total. The predicted molar refractivity (Wildman–Crippen MR) is 124 cm³/mol. The summed E-state index contributed by atoms with van der Waals surface area (Å²) in [5.41, 5.74) is 2.30. The largest absolute Gasteiger partial charge is 0.493 e. The smallest absolute Gasteiger partial charge is 0.339 e. The van der Waals surface area contributed by atoms with Gasteiger partial charge in [-0.3, -0.25) is 4.79 Å². The summed E-state index contributed by atoms with van der Waals surface area (Å²) in [6, 6.07) is 9.70. The van der Waals surface area contributed by atoms with E-state index in [1.807, 2.05) is 6.92 Å². The van der Waals surface area contributed by atoms with Crippen molar-refractivity contribution in [3.63, 3.8) is 0 Å². The molecule has 1 N–H and O–H groups in total. The number of nitrogens with zero attached hydrogens (tertiary/aromatic N) is 1. The lowest BCUT2D eigenvalue weighted by Crippen LogP contribution is -2.30. The highest BCUT2D eigenvalue weighted by atomic mass is 16.6. The summed E-state index contributed by atoms with van der Waals surface area (Å²) in [5.74, 6) is 1.45. The first-order chi connectivity index (χ1) is 16.9. The summed E-state index contributed by atoms with van der Waals surface area (Å²) in [7, 11) is 1.47. The Labute approximate surface area is 202 Å². The van der Waals surface area contributed by atoms with Gasteiger partial charge in [-0.25, -0.2) is 4.79 Å². The number of carbonyl (C=O) groups excluding carboxylic acids is 2. The molecule has 0 fully saturated rings. The predicted octanol–water partition coefficient (Wildman–Crippen LogP) is 3.83. The second-order valence-electron chi connectivity index (χ2n) is 7.85. The SMILES string of the molecule is COc1cc(C(=O)OC(C)C(=O)Nc2ccc3c(c2)OCCO3)ccc1OCc1c(C)noc1C. The molecule has 4 rings (SSSR count). The quantitative estimate of drug-likeness (QED) is 0.478. The van der Waals surface area contributed by atoms with Crippen molar-refractivity contribution in [3.8, 4) is 23.0 Å². The zero-order valence-corrected chi connectivity index (χ0v) is 19.9. The van der Waals surface area contributed by atoms with Gasteiger partial charge in [0.1, 0.15) is 25.6 Å². The van der Waals surface area contributed by atoms with Crippen LogP contribution in [0.1, 0.15) is 34.3 Å². The van der Waals surface area contributed by atoms with E-state index in [4.69, 9.17) is 28.2 Å². The van der Waals surface area contributed by atoms with Crippen LogP contribution in [-0.4, -0.2) is 43.5 Å². The van der Waals surface area contributed by atoms with Gasteiger partial charge in [-0.05, 0) is 51.1 Å². The summed E-state index contributed by atoms with van der Waals surface area (Å²) in [6.07, 6.45) is -1.04. The molecule has 1 unspecified atom stereocenters. The Kier molecular flexibility index (Phi) is 7.09. The highest BCUT2D eigenvalue weighted by Crippen LogP contribution is 2.33. The van der Waals surface area contributed by atoms with Gasteiger partial charge in [0.15, 0.2) is 29.1 Å². The summed E-state index contributed by atoms with van der Waals surface area (Å²) in [5, 5.41) is 6.61. The fourth-order valence-electron chi connectivity index (χ4n) is 3.42. The number of anilines is 1. The van der Waals surface area contributed by atoms with Gasteiger partial charge in [0.2, 0.25) is 0 Å². The third kappa shape index (κ3) is 5.48. The molecule has 184 valence electrons. The molecule has 0 spiro atoms. The Balaban J connectivity index is 1.37. The van der Waals surface area contributed by atoms with E-state index in [9.17, 15) is 9.59 Å². The molecule has 0 saturated carbocycles. The number of carbonyl (C=O) groups is 2. The molecule has 1 aliphatic heterocycles. The van der Waals surface area contributed by atoms with Gasteiger partial charge in [-0.2, -0.15) is 0 Å². The zero-order chi connectivity index (χ0) is 24.9. The summed E-state index contributed by atoms with van der Waals surface area (Å²) >= 11 is 0. The monoisotopic (exact) mass is 482 g/mol. The minimum absolute atomic E-state index is 0.213. The van der Waals surface area contributed by atoms with Crippen molar-refractivity contribution >= 4 is 17.6 Å². The first-order valence-electron chi connectivity index (χ1n) is 11.0. The molecule has 1 aromatic heterocycles. The van der Waals surface area contributed by atoms with Gasteiger partial charge in [0.05, 0.1) is 23.9 Å². The molecule has 0 bridgehead atoms. The number of nitrogens with one attached hydrogen (secondary N) is 1. The minimum Gasteiger partial charge on any atom is -0.493 e. The van der Waals surface area contributed by atoms with Crippen LogP contribution in [-0.2, 0) is 16.1 Å². The molecular weight excluding hydrogens is 456 g/mol. The highest BCUT2D eigenvalue weighted by Gasteiger charge is 2.22. The number of aromatic nitrogens is 1. The third-order valence-electron chi connectivity index (χ3n) is 5.42. The molecule has 1 aliphatic rings. The molecular formula is C25H26N2O8. The number of ether oxygens (including phenoxy) is 5. The number of esters is 1. The summed E-state index contributed by atoms with van der Waals surface area (Å²) in [4.78, 5) is 25.2. The van der Waals surface area contributed by atoms with Crippen LogP contribution in [0.5, 0.6) is 23.0 Å². The fraction of sp³-hybridized carbons (Fsp3) is 0.320. The Morgan fingerprint density at radius 3 is 2.54 bits per heavy atom. The lowest BCUT2D eigenvalue weighted by Gasteiger charge is -2.19. The number of aryl methyl sites for hydroxylation is 2. The highest BCUT2D eigenvalue weighted by molar-refractivity contribution is 5.97. The van der Waals surface area contributed by atoms with Crippen LogP contribution in [0.3, 0.4) is 0 Å². The summed E-state index contributed by atoms with van der Waals surface area (Å²) < 4.78 is 32.7. The average molecular weight is 482 g/mol. The molecule has 0 aliphatic carbocycles. The van der Waals surface area contributed by atoms with E-state index in [0.717, 1.165) is 11.3 Å². The van der Waals surface area contributed by atoms with Crippen molar-refractivity contribution in [2.75, 3.05) is 25.6 Å². The molecule has 1 atom stereocenters. The Bertz CT molecular complexity index is 1220.